The molecule has 0 unspecified atom stereocenters. The Balaban J connectivity index is 1.96. The van der Waals surface area contributed by atoms with E-state index in [1.807, 2.05) is 0 Å². The minimum Gasteiger partial charge on any atom is -0.355 e. The Labute approximate surface area is 136 Å². The molecule has 23 heavy (non-hydrogen) atoms. The minimum atomic E-state index is -0.170. The molecule has 2 aromatic carbocycles. The van der Waals surface area contributed by atoms with Crippen molar-refractivity contribution in [3.05, 3.63) is 64.7 Å². The Kier molecular flexibility index (Phi) is 5.52. The fourth-order valence-corrected chi connectivity index (χ4v) is 2.48. The lowest BCUT2D eigenvalue weighted by Gasteiger charge is -2.09. The van der Waals surface area contributed by atoms with Gasteiger partial charge < -0.3 is 10.6 Å². The SMILES string of the molecule is CNC(=O)c1cccc(NC(=O)CCc2ccc(C)cc2C)c1. The van der Waals surface area contributed by atoms with Gasteiger partial charge in [0, 0.05) is 24.7 Å². The summed E-state index contributed by atoms with van der Waals surface area (Å²) < 4.78 is 0. The van der Waals surface area contributed by atoms with Crippen molar-refractivity contribution >= 4 is 17.5 Å². The largest absolute Gasteiger partial charge is 0.355 e. The summed E-state index contributed by atoms with van der Waals surface area (Å²) in [5.74, 6) is -0.226. The maximum absolute atomic E-state index is 12.1. The predicted octanol–water partition coefficient (Wildman–Crippen LogP) is 3.23. The molecule has 2 N–H and O–H groups in total. The Morgan fingerprint density at radius 2 is 1.83 bits per heavy atom. The van der Waals surface area contributed by atoms with E-state index in [0.717, 1.165) is 0 Å². The van der Waals surface area contributed by atoms with E-state index in [4.69, 9.17) is 0 Å². The second-order valence-corrected chi connectivity index (χ2v) is 5.64. The number of aryl methyl sites for hydroxylation is 3. The number of anilines is 1. The summed E-state index contributed by atoms with van der Waals surface area (Å²) in [6.07, 6.45) is 1.11. The summed E-state index contributed by atoms with van der Waals surface area (Å²) in [4.78, 5) is 23.7. The molecule has 0 aliphatic rings. The number of rotatable bonds is 5. The average molecular weight is 310 g/mol. The van der Waals surface area contributed by atoms with E-state index in [1.165, 1.54) is 16.7 Å². The molecule has 0 spiro atoms. The summed E-state index contributed by atoms with van der Waals surface area (Å²) in [7, 11) is 1.58. The van der Waals surface area contributed by atoms with Crippen molar-refractivity contribution in [2.75, 3.05) is 12.4 Å². The third kappa shape index (κ3) is 4.68. The lowest BCUT2D eigenvalue weighted by molar-refractivity contribution is -0.116. The number of carbonyl (C=O) groups is 2. The molecule has 2 amide bonds. The van der Waals surface area contributed by atoms with E-state index in [0.29, 0.717) is 24.1 Å². The Morgan fingerprint density at radius 3 is 2.52 bits per heavy atom. The second-order valence-electron chi connectivity index (χ2n) is 5.64. The van der Waals surface area contributed by atoms with Crippen LogP contribution >= 0.6 is 0 Å². The van der Waals surface area contributed by atoms with Crippen LogP contribution in [0.3, 0.4) is 0 Å². The Bertz CT molecular complexity index is 723. The molecule has 0 fully saturated rings. The van der Waals surface area contributed by atoms with E-state index in [9.17, 15) is 9.59 Å². The van der Waals surface area contributed by atoms with Crippen LogP contribution in [0.5, 0.6) is 0 Å². The molecule has 0 aromatic heterocycles. The molecule has 0 bridgehead atoms. The smallest absolute Gasteiger partial charge is 0.251 e. The fraction of sp³-hybridized carbons (Fsp3) is 0.263. The Morgan fingerprint density at radius 1 is 1.04 bits per heavy atom. The lowest BCUT2D eigenvalue weighted by Crippen LogP contribution is -2.18. The van der Waals surface area contributed by atoms with Crippen molar-refractivity contribution in [1.29, 1.82) is 0 Å². The topological polar surface area (TPSA) is 58.2 Å². The van der Waals surface area contributed by atoms with E-state index in [2.05, 4.69) is 42.7 Å². The maximum atomic E-state index is 12.1. The fourth-order valence-electron chi connectivity index (χ4n) is 2.48. The van der Waals surface area contributed by atoms with Crippen LogP contribution in [0, 0.1) is 13.8 Å². The first-order valence-electron chi connectivity index (χ1n) is 7.67. The van der Waals surface area contributed by atoms with Gasteiger partial charge in [0.05, 0.1) is 0 Å². The molecule has 0 aliphatic carbocycles. The molecule has 2 rings (SSSR count). The van der Waals surface area contributed by atoms with Gasteiger partial charge in [-0.05, 0) is 49.6 Å². The highest BCUT2D eigenvalue weighted by Gasteiger charge is 2.07. The van der Waals surface area contributed by atoms with Crippen LogP contribution in [-0.2, 0) is 11.2 Å². The number of amides is 2. The quantitative estimate of drug-likeness (QED) is 0.891. The molecule has 0 atom stereocenters. The number of nitrogens with one attached hydrogen (secondary N) is 2. The van der Waals surface area contributed by atoms with Gasteiger partial charge >= 0.3 is 0 Å². The third-order valence-corrected chi connectivity index (χ3v) is 3.76. The van der Waals surface area contributed by atoms with E-state index >= 15 is 0 Å². The normalized spacial score (nSPS) is 10.2. The molecule has 2 aromatic rings. The zero-order chi connectivity index (χ0) is 16.8. The van der Waals surface area contributed by atoms with Crippen LogP contribution in [0.1, 0.15) is 33.5 Å². The van der Waals surface area contributed by atoms with Crippen LogP contribution in [0.15, 0.2) is 42.5 Å². The van der Waals surface area contributed by atoms with Crippen molar-refractivity contribution in [3.63, 3.8) is 0 Å². The van der Waals surface area contributed by atoms with Crippen molar-refractivity contribution < 1.29 is 9.59 Å². The molecule has 120 valence electrons. The summed E-state index contributed by atoms with van der Waals surface area (Å²) in [5, 5.41) is 5.41. The number of carbonyl (C=O) groups excluding carboxylic acids is 2. The minimum absolute atomic E-state index is 0.0565. The van der Waals surface area contributed by atoms with Crippen LogP contribution < -0.4 is 10.6 Å². The van der Waals surface area contributed by atoms with Gasteiger partial charge in [0.15, 0.2) is 0 Å². The first-order chi connectivity index (χ1) is 11.0. The van der Waals surface area contributed by atoms with Crippen molar-refractivity contribution in [1.82, 2.24) is 5.32 Å². The summed E-state index contributed by atoms with van der Waals surface area (Å²) in [6.45, 7) is 4.12. The van der Waals surface area contributed by atoms with Gasteiger partial charge in [-0.15, -0.1) is 0 Å². The van der Waals surface area contributed by atoms with Gasteiger partial charge in [-0.2, -0.15) is 0 Å². The van der Waals surface area contributed by atoms with Gasteiger partial charge in [0.25, 0.3) is 5.91 Å². The van der Waals surface area contributed by atoms with Crippen molar-refractivity contribution in [2.24, 2.45) is 0 Å². The van der Waals surface area contributed by atoms with Gasteiger partial charge in [-0.25, -0.2) is 0 Å². The summed E-state index contributed by atoms with van der Waals surface area (Å²) in [6, 6.07) is 13.2. The maximum Gasteiger partial charge on any atom is 0.251 e. The molecule has 0 aliphatic heterocycles. The molecule has 4 nitrogen and oxygen atoms in total. The van der Waals surface area contributed by atoms with E-state index in [1.54, 1.807) is 31.3 Å². The molecule has 4 heteroatoms. The molecule has 0 heterocycles. The highest BCUT2D eigenvalue weighted by molar-refractivity contribution is 5.97. The molecule has 0 radical (unpaired) electrons. The highest BCUT2D eigenvalue weighted by atomic mass is 16.2. The second kappa shape index (κ2) is 7.58. The molecule has 0 saturated carbocycles. The van der Waals surface area contributed by atoms with Gasteiger partial charge in [-0.1, -0.05) is 29.8 Å². The van der Waals surface area contributed by atoms with Gasteiger partial charge in [-0.3, -0.25) is 9.59 Å². The zero-order valence-electron chi connectivity index (χ0n) is 13.8. The van der Waals surface area contributed by atoms with Crippen LogP contribution in [0.2, 0.25) is 0 Å². The van der Waals surface area contributed by atoms with Gasteiger partial charge in [0.2, 0.25) is 5.91 Å². The highest BCUT2D eigenvalue weighted by Crippen LogP contribution is 2.14. The first kappa shape index (κ1) is 16.7. The summed E-state index contributed by atoms with van der Waals surface area (Å²) in [5.41, 5.74) is 4.78. The number of hydrogen-bond acceptors (Lipinski definition) is 2. The molecular formula is C19H22N2O2. The molecular weight excluding hydrogens is 288 g/mol. The van der Waals surface area contributed by atoms with E-state index in [-0.39, 0.29) is 11.8 Å². The Hall–Kier alpha value is -2.62. The standard InChI is InChI=1S/C19H22N2O2/c1-13-7-8-15(14(2)11-13)9-10-18(22)21-17-6-4-5-16(12-17)19(23)20-3/h4-8,11-12H,9-10H2,1-3H3,(H,20,23)(H,21,22). The molecule has 0 saturated heterocycles. The van der Waals surface area contributed by atoms with Crippen LogP contribution in [0.4, 0.5) is 5.69 Å². The van der Waals surface area contributed by atoms with Crippen LogP contribution in [-0.4, -0.2) is 18.9 Å². The average Bonchev–Trinajstić information content (AvgIpc) is 2.53. The lowest BCUT2D eigenvalue weighted by atomic mass is 10.0. The monoisotopic (exact) mass is 310 g/mol. The summed E-state index contributed by atoms with van der Waals surface area (Å²) >= 11 is 0. The predicted molar refractivity (Wildman–Crippen MR) is 92.7 cm³/mol. The number of hydrogen-bond donors (Lipinski definition) is 2. The van der Waals surface area contributed by atoms with E-state index < -0.39 is 0 Å². The first-order valence-corrected chi connectivity index (χ1v) is 7.67. The number of benzene rings is 2. The van der Waals surface area contributed by atoms with Crippen LogP contribution in [0.25, 0.3) is 0 Å². The van der Waals surface area contributed by atoms with Gasteiger partial charge in [0.1, 0.15) is 0 Å². The third-order valence-electron chi connectivity index (χ3n) is 3.76. The van der Waals surface area contributed by atoms with Crippen molar-refractivity contribution in [2.45, 2.75) is 26.7 Å². The van der Waals surface area contributed by atoms with Crippen molar-refractivity contribution in [3.8, 4) is 0 Å². The zero-order valence-corrected chi connectivity index (χ0v) is 13.8.